The van der Waals surface area contributed by atoms with Crippen LogP contribution in [-0.2, 0) is 16.0 Å². The quantitative estimate of drug-likeness (QED) is 0.889. The monoisotopic (exact) mass is 300 g/mol. The third-order valence-corrected chi connectivity index (χ3v) is 3.04. The van der Waals surface area contributed by atoms with Crippen molar-refractivity contribution in [3.63, 3.8) is 0 Å². The fourth-order valence-electron chi connectivity index (χ4n) is 1.97. The van der Waals surface area contributed by atoms with E-state index in [1.165, 1.54) is 19.1 Å². The lowest BCUT2D eigenvalue weighted by atomic mass is 10.1. The molecule has 0 aromatic heterocycles. The van der Waals surface area contributed by atoms with Gasteiger partial charge in [-0.25, -0.2) is 4.39 Å². The van der Waals surface area contributed by atoms with E-state index in [0.29, 0.717) is 24.2 Å². The number of aryl methyl sites for hydroxylation is 1. The van der Waals surface area contributed by atoms with E-state index in [1.54, 1.807) is 36.4 Å². The van der Waals surface area contributed by atoms with Gasteiger partial charge in [0, 0.05) is 24.7 Å². The second kappa shape index (κ2) is 7.36. The molecule has 0 radical (unpaired) electrons. The number of anilines is 2. The maximum absolute atomic E-state index is 12.8. The third kappa shape index (κ3) is 5.01. The van der Waals surface area contributed by atoms with Crippen molar-refractivity contribution in [3.05, 3.63) is 59.9 Å². The van der Waals surface area contributed by atoms with Crippen LogP contribution in [0.1, 0.15) is 18.9 Å². The first-order chi connectivity index (χ1) is 10.5. The summed E-state index contributed by atoms with van der Waals surface area (Å²) in [6.07, 6.45) is 0.870. The summed E-state index contributed by atoms with van der Waals surface area (Å²) in [6.45, 7) is 1.44. The summed E-state index contributed by atoms with van der Waals surface area (Å²) >= 11 is 0. The molecule has 0 atom stereocenters. The molecule has 0 saturated carbocycles. The molecule has 0 heterocycles. The zero-order valence-electron chi connectivity index (χ0n) is 12.2. The van der Waals surface area contributed by atoms with Crippen LogP contribution in [0.2, 0.25) is 0 Å². The smallest absolute Gasteiger partial charge is 0.224 e. The summed E-state index contributed by atoms with van der Waals surface area (Å²) < 4.78 is 12.8. The standard InChI is InChI=1S/C17H17FN2O2/c1-12(21)19-15-7-9-16(10-8-15)20-17(22)11-4-13-2-5-14(18)6-3-13/h2-3,5-10H,4,11H2,1H3,(H,19,21)(H,20,22). The molecule has 0 unspecified atom stereocenters. The Hall–Kier alpha value is -2.69. The Bertz CT molecular complexity index is 651. The zero-order chi connectivity index (χ0) is 15.9. The molecule has 2 aromatic carbocycles. The average Bonchev–Trinajstić information content (AvgIpc) is 2.48. The number of amides is 2. The predicted octanol–water partition coefficient (Wildman–Crippen LogP) is 3.36. The van der Waals surface area contributed by atoms with Crippen LogP contribution in [0.4, 0.5) is 15.8 Å². The average molecular weight is 300 g/mol. The fourth-order valence-corrected chi connectivity index (χ4v) is 1.97. The minimum atomic E-state index is -0.285. The molecule has 2 N–H and O–H groups in total. The number of nitrogens with one attached hydrogen (secondary N) is 2. The highest BCUT2D eigenvalue weighted by Gasteiger charge is 2.04. The highest BCUT2D eigenvalue weighted by atomic mass is 19.1. The Morgan fingerprint density at radius 1 is 0.909 bits per heavy atom. The molecule has 2 rings (SSSR count). The lowest BCUT2D eigenvalue weighted by Crippen LogP contribution is -2.12. The van der Waals surface area contributed by atoms with Crippen LogP contribution in [0.3, 0.4) is 0 Å². The van der Waals surface area contributed by atoms with Gasteiger partial charge in [-0.2, -0.15) is 0 Å². The molecule has 2 amide bonds. The van der Waals surface area contributed by atoms with Gasteiger partial charge in [0.2, 0.25) is 11.8 Å². The Labute approximate surface area is 128 Å². The SMILES string of the molecule is CC(=O)Nc1ccc(NC(=O)CCc2ccc(F)cc2)cc1. The summed E-state index contributed by atoms with van der Waals surface area (Å²) in [6, 6.07) is 13.0. The van der Waals surface area contributed by atoms with E-state index in [-0.39, 0.29) is 17.6 Å². The number of rotatable bonds is 5. The molecule has 22 heavy (non-hydrogen) atoms. The second-order valence-electron chi connectivity index (χ2n) is 4.93. The summed E-state index contributed by atoms with van der Waals surface area (Å²) in [5, 5.41) is 5.43. The third-order valence-electron chi connectivity index (χ3n) is 3.04. The van der Waals surface area contributed by atoms with Gasteiger partial charge in [0.15, 0.2) is 0 Å². The predicted molar refractivity (Wildman–Crippen MR) is 84.1 cm³/mol. The van der Waals surface area contributed by atoms with E-state index in [4.69, 9.17) is 0 Å². The second-order valence-corrected chi connectivity index (χ2v) is 4.93. The number of hydrogen-bond acceptors (Lipinski definition) is 2. The van der Waals surface area contributed by atoms with E-state index in [9.17, 15) is 14.0 Å². The van der Waals surface area contributed by atoms with Crippen LogP contribution < -0.4 is 10.6 Å². The minimum absolute atomic E-state index is 0.114. The number of hydrogen-bond donors (Lipinski definition) is 2. The van der Waals surface area contributed by atoms with E-state index in [1.807, 2.05) is 0 Å². The van der Waals surface area contributed by atoms with Gasteiger partial charge in [-0.05, 0) is 48.4 Å². The lowest BCUT2D eigenvalue weighted by molar-refractivity contribution is -0.116. The Balaban J connectivity index is 1.83. The van der Waals surface area contributed by atoms with Crippen LogP contribution in [0.15, 0.2) is 48.5 Å². The van der Waals surface area contributed by atoms with Gasteiger partial charge < -0.3 is 10.6 Å². The zero-order valence-corrected chi connectivity index (χ0v) is 12.2. The van der Waals surface area contributed by atoms with Crippen LogP contribution >= 0.6 is 0 Å². The Kier molecular flexibility index (Phi) is 5.25. The molecule has 0 fully saturated rings. The highest BCUT2D eigenvalue weighted by Crippen LogP contribution is 2.14. The van der Waals surface area contributed by atoms with Crippen molar-refractivity contribution in [1.29, 1.82) is 0 Å². The van der Waals surface area contributed by atoms with E-state index in [0.717, 1.165) is 5.56 Å². The molecule has 0 bridgehead atoms. The number of halogens is 1. The number of carbonyl (C=O) groups excluding carboxylic acids is 2. The van der Waals surface area contributed by atoms with Gasteiger partial charge in [-0.1, -0.05) is 12.1 Å². The maximum Gasteiger partial charge on any atom is 0.224 e. The van der Waals surface area contributed by atoms with Gasteiger partial charge >= 0.3 is 0 Å². The molecular formula is C17H17FN2O2. The molecule has 5 heteroatoms. The first-order valence-corrected chi connectivity index (χ1v) is 6.95. The molecule has 0 saturated heterocycles. The first kappa shape index (κ1) is 15.7. The number of benzene rings is 2. The summed E-state index contributed by atoms with van der Waals surface area (Å²) in [4.78, 5) is 22.8. The van der Waals surface area contributed by atoms with Gasteiger partial charge in [0.25, 0.3) is 0 Å². The summed E-state index contributed by atoms with van der Waals surface area (Å²) in [7, 11) is 0. The normalized spacial score (nSPS) is 10.1. The van der Waals surface area contributed by atoms with Crippen molar-refractivity contribution in [2.24, 2.45) is 0 Å². The van der Waals surface area contributed by atoms with Crippen molar-refractivity contribution in [3.8, 4) is 0 Å². The van der Waals surface area contributed by atoms with Crippen LogP contribution in [-0.4, -0.2) is 11.8 Å². The fraction of sp³-hybridized carbons (Fsp3) is 0.176. The van der Waals surface area contributed by atoms with Gasteiger partial charge in [-0.15, -0.1) is 0 Å². The van der Waals surface area contributed by atoms with Gasteiger partial charge in [-0.3, -0.25) is 9.59 Å². The largest absolute Gasteiger partial charge is 0.326 e. The lowest BCUT2D eigenvalue weighted by Gasteiger charge is -2.07. The molecule has 0 aliphatic heterocycles. The summed E-state index contributed by atoms with van der Waals surface area (Å²) in [5.41, 5.74) is 2.26. The molecule has 2 aromatic rings. The maximum atomic E-state index is 12.8. The highest BCUT2D eigenvalue weighted by molar-refractivity contribution is 5.92. The van der Waals surface area contributed by atoms with Crippen LogP contribution in [0.25, 0.3) is 0 Å². The molecule has 4 nitrogen and oxygen atoms in total. The first-order valence-electron chi connectivity index (χ1n) is 6.95. The van der Waals surface area contributed by atoms with Crippen molar-refractivity contribution < 1.29 is 14.0 Å². The van der Waals surface area contributed by atoms with E-state index >= 15 is 0 Å². The van der Waals surface area contributed by atoms with Crippen molar-refractivity contribution >= 4 is 23.2 Å². The Morgan fingerprint density at radius 2 is 1.45 bits per heavy atom. The minimum Gasteiger partial charge on any atom is -0.326 e. The number of carbonyl (C=O) groups is 2. The van der Waals surface area contributed by atoms with Crippen molar-refractivity contribution in [1.82, 2.24) is 0 Å². The summed E-state index contributed by atoms with van der Waals surface area (Å²) in [5.74, 6) is -0.542. The van der Waals surface area contributed by atoms with Gasteiger partial charge in [0.1, 0.15) is 5.82 Å². The van der Waals surface area contributed by atoms with Crippen molar-refractivity contribution in [2.75, 3.05) is 10.6 Å². The molecule has 0 aliphatic rings. The molecular weight excluding hydrogens is 283 g/mol. The van der Waals surface area contributed by atoms with Gasteiger partial charge in [0.05, 0.1) is 0 Å². The Morgan fingerprint density at radius 3 is 2.00 bits per heavy atom. The molecule has 114 valence electrons. The van der Waals surface area contributed by atoms with E-state index in [2.05, 4.69) is 10.6 Å². The molecule has 0 spiro atoms. The van der Waals surface area contributed by atoms with E-state index < -0.39 is 0 Å². The molecule has 0 aliphatic carbocycles. The topological polar surface area (TPSA) is 58.2 Å². The van der Waals surface area contributed by atoms with Crippen molar-refractivity contribution in [2.45, 2.75) is 19.8 Å². The van der Waals surface area contributed by atoms with Crippen LogP contribution in [0, 0.1) is 5.82 Å². The van der Waals surface area contributed by atoms with Crippen LogP contribution in [0.5, 0.6) is 0 Å².